The van der Waals surface area contributed by atoms with E-state index in [2.05, 4.69) is 10.6 Å². The molecule has 1 fully saturated rings. The van der Waals surface area contributed by atoms with Crippen molar-refractivity contribution in [3.8, 4) is 0 Å². The largest absolute Gasteiger partial charge is 0.349 e. The summed E-state index contributed by atoms with van der Waals surface area (Å²) in [6, 6.07) is 6.61. The van der Waals surface area contributed by atoms with Gasteiger partial charge in [0, 0.05) is 17.3 Å². The molecule has 114 valence electrons. The number of amides is 2. The summed E-state index contributed by atoms with van der Waals surface area (Å²) in [6.45, 7) is 5.74. The number of nitrogens with one attached hydrogen (secondary N) is 2. The Morgan fingerprint density at radius 1 is 1.29 bits per heavy atom. The predicted octanol–water partition coefficient (Wildman–Crippen LogP) is 1.89. The van der Waals surface area contributed by atoms with Gasteiger partial charge in [0.25, 0.3) is 5.91 Å². The molecule has 4 N–H and O–H groups in total. The molecule has 2 amide bonds. The van der Waals surface area contributed by atoms with Crippen LogP contribution in [0.4, 0.5) is 5.69 Å². The predicted molar refractivity (Wildman–Crippen MR) is 83.0 cm³/mol. The van der Waals surface area contributed by atoms with Crippen LogP contribution in [-0.4, -0.2) is 23.9 Å². The SMILES string of the molecule is CC(C)(C)[C@H](N)C(=O)Nc1cccc(C(=O)NC2CC2)c1. The Bertz CT molecular complexity index is 545. The van der Waals surface area contributed by atoms with Crippen LogP contribution in [0.3, 0.4) is 0 Å². The van der Waals surface area contributed by atoms with Crippen LogP contribution in [0.15, 0.2) is 24.3 Å². The van der Waals surface area contributed by atoms with E-state index in [4.69, 9.17) is 5.73 Å². The molecule has 0 aliphatic heterocycles. The number of hydrogen-bond donors (Lipinski definition) is 3. The Morgan fingerprint density at radius 3 is 2.52 bits per heavy atom. The van der Waals surface area contributed by atoms with E-state index in [0.29, 0.717) is 17.3 Å². The number of carbonyl (C=O) groups excluding carboxylic acids is 2. The lowest BCUT2D eigenvalue weighted by Crippen LogP contribution is -2.45. The first-order valence-corrected chi connectivity index (χ1v) is 7.25. The van der Waals surface area contributed by atoms with Gasteiger partial charge in [0.2, 0.25) is 5.91 Å². The van der Waals surface area contributed by atoms with E-state index in [1.807, 2.05) is 20.8 Å². The van der Waals surface area contributed by atoms with Crippen LogP contribution >= 0.6 is 0 Å². The summed E-state index contributed by atoms with van der Waals surface area (Å²) in [5.74, 6) is -0.351. The zero-order valence-corrected chi connectivity index (χ0v) is 12.8. The Morgan fingerprint density at radius 2 is 1.95 bits per heavy atom. The van der Waals surface area contributed by atoms with Crippen LogP contribution < -0.4 is 16.4 Å². The van der Waals surface area contributed by atoms with Crippen molar-refractivity contribution in [3.63, 3.8) is 0 Å². The van der Waals surface area contributed by atoms with Gasteiger partial charge in [0.15, 0.2) is 0 Å². The third-order valence-electron chi connectivity index (χ3n) is 3.52. The smallest absolute Gasteiger partial charge is 0.251 e. The molecule has 1 aliphatic rings. The molecular formula is C16H23N3O2. The normalized spacial score (nSPS) is 16.2. The van der Waals surface area contributed by atoms with Crippen LogP contribution in [0, 0.1) is 5.41 Å². The first kappa shape index (κ1) is 15.5. The lowest BCUT2D eigenvalue weighted by atomic mass is 9.87. The standard InChI is InChI=1S/C16H23N3O2/c1-16(2,3)13(17)15(21)19-12-6-4-5-10(9-12)14(20)18-11-7-8-11/h4-6,9,11,13H,7-8,17H2,1-3H3,(H,18,20)(H,19,21)/t13-/m1/s1. The van der Waals surface area contributed by atoms with Gasteiger partial charge in [-0.25, -0.2) is 0 Å². The average molecular weight is 289 g/mol. The molecule has 1 saturated carbocycles. The van der Waals surface area contributed by atoms with Crippen molar-refractivity contribution in [3.05, 3.63) is 29.8 Å². The maximum Gasteiger partial charge on any atom is 0.251 e. The zero-order valence-electron chi connectivity index (χ0n) is 12.8. The van der Waals surface area contributed by atoms with Gasteiger partial charge in [-0.3, -0.25) is 9.59 Å². The van der Waals surface area contributed by atoms with Gasteiger partial charge in [-0.1, -0.05) is 26.8 Å². The van der Waals surface area contributed by atoms with E-state index in [9.17, 15) is 9.59 Å². The lowest BCUT2D eigenvalue weighted by molar-refractivity contribution is -0.119. The van der Waals surface area contributed by atoms with Crippen LogP contribution in [0.1, 0.15) is 44.0 Å². The third kappa shape index (κ3) is 4.29. The van der Waals surface area contributed by atoms with Gasteiger partial charge >= 0.3 is 0 Å². The zero-order chi connectivity index (χ0) is 15.6. The number of anilines is 1. The molecule has 0 unspecified atom stereocenters. The van der Waals surface area contributed by atoms with E-state index in [-0.39, 0.29) is 17.2 Å². The minimum absolute atomic E-state index is 0.103. The molecule has 5 nitrogen and oxygen atoms in total. The molecule has 0 aromatic heterocycles. The van der Waals surface area contributed by atoms with E-state index in [0.717, 1.165) is 12.8 Å². The second kappa shape index (κ2) is 5.85. The minimum Gasteiger partial charge on any atom is -0.349 e. The highest BCUT2D eigenvalue weighted by Gasteiger charge is 2.27. The summed E-state index contributed by atoms with van der Waals surface area (Å²) in [4.78, 5) is 24.1. The number of carbonyl (C=O) groups is 2. The molecule has 21 heavy (non-hydrogen) atoms. The van der Waals surface area contributed by atoms with Gasteiger partial charge in [-0.05, 0) is 36.5 Å². The summed E-state index contributed by atoms with van der Waals surface area (Å²) >= 11 is 0. The summed E-state index contributed by atoms with van der Waals surface area (Å²) in [5.41, 5.74) is 6.74. The molecule has 0 heterocycles. The molecule has 1 aromatic carbocycles. The third-order valence-corrected chi connectivity index (χ3v) is 3.52. The monoisotopic (exact) mass is 289 g/mol. The Balaban J connectivity index is 2.03. The number of benzene rings is 1. The van der Waals surface area contributed by atoms with Crippen molar-refractivity contribution in [2.24, 2.45) is 11.1 Å². The molecule has 0 radical (unpaired) electrons. The van der Waals surface area contributed by atoms with E-state index >= 15 is 0 Å². The van der Waals surface area contributed by atoms with Crippen molar-refractivity contribution in [1.29, 1.82) is 0 Å². The van der Waals surface area contributed by atoms with E-state index in [1.54, 1.807) is 24.3 Å². The molecular weight excluding hydrogens is 266 g/mol. The van der Waals surface area contributed by atoms with Crippen molar-refractivity contribution in [2.75, 3.05) is 5.32 Å². The van der Waals surface area contributed by atoms with Crippen molar-refractivity contribution in [1.82, 2.24) is 5.32 Å². The Labute approximate surface area is 125 Å². The van der Waals surface area contributed by atoms with Crippen LogP contribution in [0.5, 0.6) is 0 Å². The fourth-order valence-electron chi connectivity index (χ4n) is 1.85. The maximum absolute atomic E-state index is 12.1. The number of nitrogens with two attached hydrogens (primary N) is 1. The Hall–Kier alpha value is -1.88. The Kier molecular flexibility index (Phi) is 4.32. The fourth-order valence-corrected chi connectivity index (χ4v) is 1.85. The quantitative estimate of drug-likeness (QED) is 0.791. The first-order valence-electron chi connectivity index (χ1n) is 7.25. The maximum atomic E-state index is 12.1. The van der Waals surface area contributed by atoms with E-state index in [1.165, 1.54) is 0 Å². The van der Waals surface area contributed by atoms with E-state index < -0.39 is 6.04 Å². The van der Waals surface area contributed by atoms with Gasteiger partial charge in [-0.15, -0.1) is 0 Å². The lowest BCUT2D eigenvalue weighted by Gasteiger charge is -2.25. The molecule has 0 spiro atoms. The van der Waals surface area contributed by atoms with Crippen LogP contribution in [0.25, 0.3) is 0 Å². The molecule has 2 rings (SSSR count). The molecule has 1 aromatic rings. The molecule has 1 atom stereocenters. The summed E-state index contributed by atoms with van der Waals surface area (Å²) in [7, 11) is 0. The summed E-state index contributed by atoms with van der Waals surface area (Å²) < 4.78 is 0. The van der Waals surface area contributed by atoms with Gasteiger partial charge < -0.3 is 16.4 Å². The first-order chi connectivity index (χ1) is 9.77. The molecule has 1 aliphatic carbocycles. The summed E-state index contributed by atoms with van der Waals surface area (Å²) in [5, 5.41) is 5.69. The van der Waals surface area contributed by atoms with Crippen molar-refractivity contribution >= 4 is 17.5 Å². The number of rotatable bonds is 4. The van der Waals surface area contributed by atoms with Gasteiger partial charge in [0.1, 0.15) is 0 Å². The number of hydrogen-bond acceptors (Lipinski definition) is 3. The van der Waals surface area contributed by atoms with Crippen molar-refractivity contribution in [2.45, 2.75) is 45.7 Å². The fraction of sp³-hybridized carbons (Fsp3) is 0.500. The van der Waals surface area contributed by atoms with Gasteiger partial charge in [-0.2, -0.15) is 0 Å². The summed E-state index contributed by atoms with van der Waals surface area (Å²) in [6.07, 6.45) is 2.09. The topological polar surface area (TPSA) is 84.2 Å². The molecule has 5 heteroatoms. The second-order valence-electron chi connectivity index (χ2n) is 6.66. The second-order valence-corrected chi connectivity index (χ2v) is 6.66. The highest BCUT2D eigenvalue weighted by Crippen LogP contribution is 2.21. The van der Waals surface area contributed by atoms with Crippen molar-refractivity contribution < 1.29 is 9.59 Å². The highest BCUT2D eigenvalue weighted by atomic mass is 16.2. The van der Waals surface area contributed by atoms with Gasteiger partial charge in [0.05, 0.1) is 6.04 Å². The van der Waals surface area contributed by atoms with Crippen LogP contribution in [0.2, 0.25) is 0 Å². The highest BCUT2D eigenvalue weighted by molar-refractivity contribution is 5.98. The molecule has 0 saturated heterocycles. The van der Waals surface area contributed by atoms with Crippen LogP contribution in [-0.2, 0) is 4.79 Å². The average Bonchev–Trinajstić information content (AvgIpc) is 3.21. The molecule has 0 bridgehead atoms. The minimum atomic E-state index is -0.610.